The summed E-state index contributed by atoms with van der Waals surface area (Å²) in [5.74, 6) is 1.64. The average molecular weight is 316 g/mol. The van der Waals surface area contributed by atoms with E-state index in [1.807, 2.05) is 20.8 Å². The summed E-state index contributed by atoms with van der Waals surface area (Å²) >= 11 is 0. The van der Waals surface area contributed by atoms with E-state index >= 15 is 0 Å². The number of likely N-dealkylation sites (tertiary alicyclic amines) is 1. The van der Waals surface area contributed by atoms with E-state index in [0.717, 1.165) is 18.4 Å². The molecule has 0 unspecified atom stereocenters. The number of rotatable bonds is 4. The first-order valence-corrected chi connectivity index (χ1v) is 8.83. The van der Waals surface area contributed by atoms with Crippen molar-refractivity contribution < 1.29 is 4.79 Å². The summed E-state index contributed by atoms with van der Waals surface area (Å²) in [4.78, 5) is 14.7. The first-order chi connectivity index (χ1) is 10.8. The summed E-state index contributed by atoms with van der Waals surface area (Å²) in [6, 6.07) is 8.49. The van der Waals surface area contributed by atoms with Crippen molar-refractivity contribution in [2.75, 3.05) is 13.1 Å². The Labute approximate surface area is 141 Å². The van der Waals surface area contributed by atoms with Crippen molar-refractivity contribution in [2.45, 2.75) is 54.1 Å². The Bertz CT molecular complexity index is 523. The van der Waals surface area contributed by atoms with E-state index in [1.165, 1.54) is 30.6 Å². The molecule has 128 valence electrons. The van der Waals surface area contributed by atoms with Gasteiger partial charge in [0.15, 0.2) is 0 Å². The van der Waals surface area contributed by atoms with Gasteiger partial charge in [0.2, 0.25) is 5.91 Å². The van der Waals surface area contributed by atoms with Crippen molar-refractivity contribution in [3.8, 4) is 0 Å². The van der Waals surface area contributed by atoms with E-state index in [2.05, 4.69) is 48.3 Å². The standard InChI is InChI=1S/C20H32N2O/c1-15-10-16(2)13-22(12-15)14-18-9-7-6-8-17(18)11-21-19(23)20(3,4)5/h6-9,15-16H,10-14H2,1-5H3,(H,21,23)/t15-,16-/m0/s1. The van der Waals surface area contributed by atoms with E-state index in [4.69, 9.17) is 0 Å². The quantitative estimate of drug-likeness (QED) is 0.915. The number of piperidine rings is 1. The van der Waals surface area contributed by atoms with Crippen LogP contribution in [-0.4, -0.2) is 23.9 Å². The van der Waals surface area contributed by atoms with Crippen LogP contribution in [0.1, 0.15) is 52.2 Å². The summed E-state index contributed by atoms with van der Waals surface area (Å²) in [5, 5.41) is 3.08. The van der Waals surface area contributed by atoms with Crippen molar-refractivity contribution in [3.05, 3.63) is 35.4 Å². The highest BCUT2D eigenvalue weighted by Crippen LogP contribution is 2.23. The van der Waals surface area contributed by atoms with Crippen LogP contribution in [0.15, 0.2) is 24.3 Å². The Hall–Kier alpha value is -1.35. The average Bonchev–Trinajstić information content (AvgIpc) is 2.44. The molecule has 0 spiro atoms. The maximum absolute atomic E-state index is 12.1. The lowest BCUT2D eigenvalue weighted by Gasteiger charge is -2.35. The summed E-state index contributed by atoms with van der Waals surface area (Å²) < 4.78 is 0. The second-order valence-corrected chi connectivity index (χ2v) is 8.34. The molecule has 1 heterocycles. The highest BCUT2D eigenvalue weighted by molar-refractivity contribution is 5.81. The molecule has 1 amide bonds. The summed E-state index contributed by atoms with van der Waals surface area (Å²) in [5.41, 5.74) is 2.23. The predicted molar refractivity (Wildman–Crippen MR) is 96.0 cm³/mol. The highest BCUT2D eigenvalue weighted by Gasteiger charge is 2.23. The van der Waals surface area contributed by atoms with E-state index in [-0.39, 0.29) is 11.3 Å². The molecule has 0 aliphatic carbocycles. The van der Waals surface area contributed by atoms with Gasteiger partial charge in [-0.3, -0.25) is 9.69 Å². The normalized spacial score (nSPS) is 22.8. The molecule has 1 aliphatic rings. The topological polar surface area (TPSA) is 32.3 Å². The molecule has 1 aromatic carbocycles. The monoisotopic (exact) mass is 316 g/mol. The Morgan fingerprint density at radius 3 is 2.26 bits per heavy atom. The summed E-state index contributed by atoms with van der Waals surface area (Å²) in [7, 11) is 0. The number of hydrogen-bond donors (Lipinski definition) is 1. The van der Waals surface area contributed by atoms with Gasteiger partial charge in [0.05, 0.1) is 0 Å². The molecule has 23 heavy (non-hydrogen) atoms. The molecule has 0 radical (unpaired) electrons. The predicted octanol–water partition coefficient (Wildman–Crippen LogP) is 3.83. The van der Waals surface area contributed by atoms with Gasteiger partial charge in [0.25, 0.3) is 0 Å². The number of carbonyl (C=O) groups excluding carboxylic acids is 1. The zero-order valence-corrected chi connectivity index (χ0v) is 15.4. The molecule has 3 nitrogen and oxygen atoms in total. The maximum atomic E-state index is 12.1. The molecule has 0 aromatic heterocycles. The third-order valence-electron chi connectivity index (χ3n) is 4.58. The Balaban J connectivity index is 2.01. The SMILES string of the molecule is C[C@H]1C[C@H](C)CN(Cc2ccccc2CNC(=O)C(C)(C)C)C1. The van der Waals surface area contributed by atoms with Crippen molar-refractivity contribution in [1.29, 1.82) is 0 Å². The zero-order chi connectivity index (χ0) is 17.0. The molecule has 1 N–H and O–H groups in total. The van der Waals surface area contributed by atoms with Crippen LogP contribution in [0, 0.1) is 17.3 Å². The number of carbonyl (C=O) groups is 1. The Morgan fingerprint density at radius 2 is 1.70 bits per heavy atom. The largest absolute Gasteiger partial charge is 0.352 e. The van der Waals surface area contributed by atoms with Gasteiger partial charge in [-0.2, -0.15) is 0 Å². The Kier molecular flexibility index (Phi) is 5.85. The summed E-state index contributed by atoms with van der Waals surface area (Å²) in [6.07, 6.45) is 1.33. The number of nitrogens with zero attached hydrogens (tertiary/aromatic N) is 1. The van der Waals surface area contributed by atoms with Crippen molar-refractivity contribution in [3.63, 3.8) is 0 Å². The van der Waals surface area contributed by atoms with Crippen LogP contribution in [0.5, 0.6) is 0 Å². The van der Waals surface area contributed by atoms with Gasteiger partial charge in [0, 0.05) is 31.6 Å². The van der Waals surface area contributed by atoms with Gasteiger partial charge >= 0.3 is 0 Å². The molecule has 1 aliphatic heterocycles. The molecule has 1 fully saturated rings. The second kappa shape index (κ2) is 7.48. The van der Waals surface area contributed by atoms with Gasteiger partial charge < -0.3 is 5.32 Å². The van der Waals surface area contributed by atoms with E-state index in [1.54, 1.807) is 0 Å². The van der Waals surface area contributed by atoms with Gasteiger partial charge in [-0.15, -0.1) is 0 Å². The molecule has 2 rings (SSSR count). The molecule has 1 saturated heterocycles. The smallest absolute Gasteiger partial charge is 0.225 e. The van der Waals surface area contributed by atoms with E-state index < -0.39 is 0 Å². The lowest BCUT2D eigenvalue weighted by molar-refractivity contribution is -0.128. The third kappa shape index (κ3) is 5.35. The summed E-state index contributed by atoms with van der Waals surface area (Å²) in [6.45, 7) is 14.5. The third-order valence-corrected chi connectivity index (χ3v) is 4.58. The lowest BCUT2D eigenvalue weighted by Crippen LogP contribution is -2.38. The van der Waals surface area contributed by atoms with E-state index in [0.29, 0.717) is 6.54 Å². The molecule has 0 bridgehead atoms. The van der Waals surface area contributed by atoms with Gasteiger partial charge in [0.1, 0.15) is 0 Å². The minimum Gasteiger partial charge on any atom is -0.352 e. The molecule has 1 aromatic rings. The minimum atomic E-state index is -0.341. The maximum Gasteiger partial charge on any atom is 0.225 e. The van der Waals surface area contributed by atoms with Crippen molar-refractivity contribution >= 4 is 5.91 Å². The molecule has 3 heteroatoms. The first-order valence-electron chi connectivity index (χ1n) is 8.83. The number of benzene rings is 1. The molecular weight excluding hydrogens is 284 g/mol. The van der Waals surface area contributed by atoms with E-state index in [9.17, 15) is 4.79 Å². The van der Waals surface area contributed by atoms with Crippen LogP contribution < -0.4 is 5.32 Å². The van der Waals surface area contributed by atoms with Crippen molar-refractivity contribution in [2.24, 2.45) is 17.3 Å². The van der Waals surface area contributed by atoms with Crippen LogP contribution in [0.4, 0.5) is 0 Å². The van der Waals surface area contributed by atoms with Crippen LogP contribution in [0.25, 0.3) is 0 Å². The Morgan fingerprint density at radius 1 is 1.13 bits per heavy atom. The molecule has 0 saturated carbocycles. The molecule has 2 atom stereocenters. The minimum absolute atomic E-state index is 0.104. The fraction of sp³-hybridized carbons (Fsp3) is 0.650. The number of amides is 1. The number of hydrogen-bond acceptors (Lipinski definition) is 2. The second-order valence-electron chi connectivity index (χ2n) is 8.34. The first kappa shape index (κ1) is 18.0. The fourth-order valence-corrected chi connectivity index (χ4v) is 3.49. The van der Waals surface area contributed by atoms with Crippen LogP contribution in [0.3, 0.4) is 0 Å². The lowest BCUT2D eigenvalue weighted by atomic mass is 9.91. The zero-order valence-electron chi connectivity index (χ0n) is 15.4. The number of nitrogens with one attached hydrogen (secondary N) is 1. The van der Waals surface area contributed by atoms with Crippen LogP contribution in [-0.2, 0) is 17.9 Å². The molecular formula is C20H32N2O. The van der Waals surface area contributed by atoms with Crippen LogP contribution in [0.2, 0.25) is 0 Å². The van der Waals surface area contributed by atoms with Gasteiger partial charge in [-0.25, -0.2) is 0 Å². The van der Waals surface area contributed by atoms with Crippen molar-refractivity contribution in [1.82, 2.24) is 10.2 Å². The van der Waals surface area contributed by atoms with Gasteiger partial charge in [-0.05, 0) is 29.4 Å². The van der Waals surface area contributed by atoms with Gasteiger partial charge in [-0.1, -0.05) is 58.9 Å². The highest BCUT2D eigenvalue weighted by atomic mass is 16.2. The fourth-order valence-electron chi connectivity index (χ4n) is 3.49. The van der Waals surface area contributed by atoms with Crippen LogP contribution >= 0.6 is 0 Å².